The third kappa shape index (κ3) is 2.66. The van der Waals surface area contributed by atoms with Crippen molar-refractivity contribution in [1.29, 1.82) is 0 Å². The summed E-state index contributed by atoms with van der Waals surface area (Å²) in [5.74, 6) is -0.0254. The largest absolute Gasteiger partial charge is 0.481 e. The van der Waals surface area contributed by atoms with Crippen molar-refractivity contribution in [2.45, 2.75) is 11.7 Å². The second kappa shape index (κ2) is 4.89. The molecule has 0 aromatic carbocycles. The van der Waals surface area contributed by atoms with Gasteiger partial charge in [-0.3, -0.25) is 4.79 Å². The first-order chi connectivity index (χ1) is 7.75. The van der Waals surface area contributed by atoms with Crippen LogP contribution < -0.4 is 0 Å². The second-order valence-electron chi connectivity index (χ2n) is 3.10. The number of thioether (sulfide) groups is 1. The Kier molecular flexibility index (Phi) is 3.31. The van der Waals surface area contributed by atoms with Crippen molar-refractivity contribution in [2.75, 3.05) is 5.75 Å². The molecule has 0 saturated heterocycles. The maximum absolute atomic E-state index is 10.4. The van der Waals surface area contributed by atoms with Crippen molar-refractivity contribution in [3.8, 4) is 0 Å². The summed E-state index contributed by atoms with van der Waals surface area (Å²) >= 11 is 1.19. The lowest BCUT2D eigenvalue weighted by Gasteiger charge is -2.03. The van der Waals surface area contributed by atoms with E-state index < -0.39 is 5.97 Å². The molecule has 0 spiro atoms. The maximum Gasteiger partial charge on any atom is 0.313 e. The molecule has 0 aliphatic carbocycles. The number of aromatic nitrogens is 2. The highest BCUT2D eigenvalue weighted by atomic mass is 32.2. The standard InChI is InChI=1S/C10H10N2O3S/c13-9(14)7-16-10-11-3-4-12(10)6-8-2-1-5-15-8/h1-5H,6-7H2,(H,13,14). The number of furan rings is 1. The van der Waals surface area contributed by atoms with Crippen molar-refractivity contribution in [1.82, 2.24) is 9.55 Å². The van der Waals surface area contributed by atoms with Crippen LogP contribution in [-0.2, 0) is 11.3 Å². The SMILES string of the molecule is O=C(O)CSc1nccn1Cc1ccco1. The molecule has 16 heavy (non-hydrogen) atoms. The number of carbonyl (C=O) groups is 1. The van der Waals surface area contributed by atoms with Crippen LogP contribution in [0.5, 0.6) is 0 Å². The third-order valence-corrected chi connectivity index (χ3v) is 2.90. The Morgan fingerprint density at radius 3 is 3.19 bits per heavy atom. The predicted octanol–water partition coefficient (Wildman–Crippen LogP) is 1.70. The molecule has 2 rings (SSSR count). The summed E-state index contributed by atoms with van der Waals surface area (Å²) in [7, 11) is 0. The first-order valence-corrected chi connectivity index (χ1v) is 5.62. The van der Waals surface area contributed by atoms with Crippen LogP contribution in [0.15, 0.2) is 40.4 Å². The molecule has 2 heterocycles. The van der Waals surface area contributed by atoms with Gasteiger partial charge in [0.05, 0.1) is 18.6 Å². The average Bonchev–Trinajstić information content (AvgIpc) is 2.87. The van der Waals surface area contributed by atoms with Crippen molar-refractivity contribution in [2.24, 2.45) is 0 Å². The van der Waals surface area contributed by atoms with Gasteiger partial charge in [-0.2, -0.15) is 0 Å². The molecule has 0 fully saturated rings. The number of hydrogen-bond acceptors (Lipinski definition) is 4. The zero-order valence-corrected chi connectivity index (χ0v) is 9.18. The Hall–Kier alpha value is -1.69. The Morgan fingerprint density at radius 1 is 1.62 bits per heavy atom. The van der Waals surface area contributed by atoms with Gasteiger partial charge in [-0.05, 0) is 12.1 Å². The zero-order valence-electron chi connectivity index (χ0n) is 8.37. The minimum atomic E-state index is -0.849. The van der Waals surface area contributed by atoms with E-state index in [9.17, 15) is 4.79 Å². The summed E-state index contributed by atoms with van der Waals surface area (Å²) in [6.07, 6.45) is 5.05. The van der Waals surface area contributed by atoms with E-state index in [4.69, 9.17) is 9.52 Å². The van der Waals surface area contributed by atoms with Gasteiger partial charge in [-0.1, -0.05) is 11.8 Å². The molecule has 0 atom stereocenters. The Labute approximate surface area is 96.1 Å². The van der Waals surface area contributed by atoms with E-state index in [0.29, 0.717) is 11.7 Å². The molecule has 0 radical (unpaired) electrons. The van der Waals surface area contributed by atoms with Crippen LogP contribution >= 0.6 is 11.8 Å². The summed E-state index contributed by atoms with van der Waals surface area (Å²) in [5, 5.41) is 9.26. The molecule has 0 aliphatic rings. The van der Waals surface area contributed by atoms with E-state index in [0.717, 1.165) is 5.76 Å². The summed E-state index contributed by atoms with van der Waals surface area (Å²) in [6.45, 7) is 0.564. The first-order valence-electron chi connectivity index (χ1n) is 4.64. The van der Waals surface area contributed by atoms with Gasteiger partial charge < -0.3 is 14.1 Å². The predicted molar refractivity (Wildman–Crippen MR) is 58.4 cm³/mol. The molecular weight excluding hydrogens is 228 g/mol. The first kappa shape index (κ1) is 10.8. The molecule has 84 valence electrons. The summed E-state index contributed by atoms with van der Waals surface area (Å²) < 4.78 is 7.07. The highest BCUT2D eigenvalue weighted by Crippen LogP contribution is 2.17. The number of rotatable bonds is 5. The number of imidazole rings is 1. The topological polar surface area (TPSA) is 68.3 Å². The molecule has 0 saturated carbocycles. The van der Waals surface area contributed by atoms with E-state index >= 15 is 0 Å². The van der Waals surface area contributed by atoms with Crippen LogP contribution in [-0.4, -0.2) is 26.4 Å². The molecule has 5 nitrogen and oxygen atoms in total. The molecule has 2 aromatic rings. The minimum absolute atomic E-state index is 0.00910. The maximum atomic E-state index is 10.4. The van der Waals surface area contributed by atoms with E-state index in [1.807, 2.05) is 16.7 Å². The quantitative estimate of drug-likeness (QED) is 0.803. The Morgan fingerprint density at radius 2 is 2.50 bits per heavy atom. The number of hydrogen-bond donors (Lipinski definition) is 1. The monoisotopic (exact) mass is 238 g/mol. The smallest absolute Gasteiger partial charge is 0.313 e. The van der Waals surface area contributed by atoms with Crippen molar-refractivity contribution in [3.63, 3.8) is 0 Å². The van der Waals surface area contributed by atoms with Crippen molar-refractivity contribution in [3.05, 3.63) is 36.5 Å². The van der Waals surface area contributed by atoms with Gasteiger partial charge in [0.2, 0.25) is 0 Å². The second-order valence-corrected chi connectivity index (χ2v) is 4.04. The van der Waals surface area contributed by atoms with E-state index in [-0.39, 0.29) is 5.75 Å². The van der Waals surface area contributed by atoms with Gasteiger partial charge in [0.1, 0.15) is 5.76 Å². The number of aliphatic carboxylic acids is 1. The van der Waals surface area contributed by atoms with Crippen LogP contribution in [0.25, 0.3) is 0 Å². The highest BCUT2D eigenvalue weighted by molar-refractivity contribution is 7.99. The van der Waals surface area contributed by atoms with Crippen LogP contribution in [0, 0.1) is 0 Å². The average molecular weight is 238 g/mol. The number of carboxylic acid groups (broad SMARTS) is 1. The lowest BCUT2D eigenvalue weighted by molar-refractivity contribution is -0.133. The molecule has 0 amide bonds. The van der Waals surface area contributed by atoms with Crippen LogP contribution in [0.1, 0.15) is 5.76 Å². The molecular formula is C10H10N2O3S. The van der Waals surface area contributed by atoms with Gasteiger partial charge in [0.15, 0.2) is 5.16 Å². The fourth-order valence-corrected chi connectivity index (χ4v) is 1.93. The number of carboxylic acids is 1. The van der Waals surface area contributed by atoms with Crippen molar-refractivity contribution < 1.29 is 14.3 Å². The molecule has 0 aliphatic heterocycles. The Balaban J connectivity index is 2.04. The molecule has 6 heteroatoms. The summed E-state index contributed by atoms with van der Waals surface area (Å²) in [4.78, 5) is 14.5. The molecule has 0 bridgehead atoms. The number of nitrogens with zero attached hydrogens (tertiary/aromatic N) is 2. The van der Waals surface area contributed by atoms with Crippen LogP contribution in [0.3, 0.4) is 0 Å². The van der Waals surface area contributed by atoms with Crippen LogP contribution in [0.2, 0.25) is 0 Å². The lowest BCUT2D eigenvalue weighted by atomic mass is 10.4. The van der Waals surface area contributed by atoms with E-state index in [1.165, 1.54) is 11.8 Å². The molecule has 0 unspecified atom stereocenters. The Bertz CT molecular complexity index is 464. The molecule has 1 N–H and O–H groups in total. The van der Waals surface area contributed by atoms with Gasteiger partial charge in [0, 0.05) is 12.4 Å². The van der Waals surface area contributed by atoms with Gasteiger partial charge >= 0.3 is 5.97 Å². The van der Waals surface area contributed by atoms with Gasteiger partial charge in [-0.25, -0.2) is 4.98 Å². The lowest BCUT2D eigenvalue weighted by Crippen LogP contribution is -2.03. The van der Waals surface area contributed by atoms with Gasteiger partial charge in [0.25, 0.3) is 0 Å². The van der Waals surface area contributed by atoms with E-state index in [2.05, 4.69) is 4.98 Å². The highest BCUT2D eigenvalue weighted by Gasteiger charge is 2.07. The van der Waals surface area contributed by atoms with E-state index in [1.54, 1.807) is 18.7 Å². The zero-order chi connectivity index (χ0) is 11.4. The molecule has 2 aromatic heterocycles. The normalized spacial score (nSPS) is 10.5. The van der Waals surface area contributed by atoms with Crippen molar-refractivity contribution >= 4 is 17.7 Å². The fraction of sp³-hybridized carbons (Fsp3) is 0.200. The third-order valence-electron chi connectivity index (χ3n) is 1.91. The fourth-order valence-electron chi connectivity index (χ4n) is 1.25. The summed E-state index contributed by atoms with van der Waals surface area (Å²) in [5.41, 5.74) is 0. The summed E-state index contributed by atoms with van der Waals surface area (Å²) in [6, 6.07) is 3.68. The van der Waals surface area contributed by atoms with Gasteiger partial charge in [-0.15, -0.1) is 0 Å². The minimum Gasteiger partial charge on any atom is -0.481 e. The van der Waals surface area contributed by atoms with Crippen LogP contribution in [0.4, 0.5) is 0 Å².